The van der Waals surface area contributed by atoms with Crippen LogP contribution in [0.3, 0.4) is 0 Å². The Bertz CT molecular complexity index is 495. The van der Waals surface area contributed by atoms with Crippen LogP contribution in [0.15, 0.2) is 18.2 Å². The molecule has 1 fully saturated rings. The van der Waals surface area contributed by atoms with Gasteiger partial charge in [-0.05, 0) is 31.0 Å². The van der Waals surface area contributed by atoms with Gasteiger partial charge in [0, 0.05) is 25.2 Å². The molecule has 2 aromatic rings. The normalized spacial score (nSPS) is 16.2. The van der Waals surface area contributed by atoms with Gasteiger partial charge in [0.2, 0.25) is 0 Å². The molecule has 16 heavy (non-hydrogen) atoms. The fourth-order valence-electron chi connectivity index (χ4n) is 2.39. The summed E-state index contributed by atoms with van der Waals surface area (Å²) in [6.45, 7) is 4.51. The number of hydrogen-bond acceptors (Lipinski definition) is 2. The van der Waals surface area contributed by atoms with E-state index in [9.17, 15) is 0 Å². The molecule has 0 atom stereocenters. The van der Waals surface area contributed by atoms with E-state index in [0.717, 1.165) is 17.8 Å². The molecule has 3 heteroatoms. The van der Waals surface area contributed by atoms with E-state index in [-0.39, 0.29) is 0 Å². The number of imidazole rings is 1. The van der Waals surface area contributed by atoms with E-state index in [2.05, 4.69) is 40.0 Å². The van der Waals surface area contributed by atoms with Crippen LogP contribution in [-0.4, -0.2) is 23.1 Å². The number of nitrogens with one attached hydrogen (secondary N) is 1. The minimum absolute atomic E-state index is 0.966. The van der Waals surface area contributed by atoms with Crippen LogP contribution in [-0.2, 0) is 6.42 Å². The molecule has 1 aliphatic heterocycles. The van der Waals surface area contributed by atoms with Crippen molar-refractivity contribution in [1.29, 1.82) is 0 Å². The van der Waals surface area contributed by atoms with Crippen molar-refractivity contribution in [1.82, 2.24) is 9.97 Å². The summed E-state index contributed by atoms with van der Waals surface area (Å²) >= 11 is 0. The highest BCUT2D eigenvalue weighted by atomic mass is 15.1. The number of aromatic amines is 1. The van der Waals surface area contributed by atoms with Crippen LogP contribution < -0.4 is 4.90 Å². The lowest BCUT2D eigenvalue weighted by atomic mass is 10.2. The average molecular weight is 215 g/mol. The van der Waals surface area contributed by atoms with Crippen LogP contribution in [0.25, 0.3) is 11.0 Å². The second-order valence-electron chi connectivity index (χ2n) is 4.43. The molecular weight excluding hydrogens is 198 g/mol. The van der Waals surface area contributed by atoms with Crippen molar-refractivity contribution >= 4 is 16.7 Å². The number of fused-ring (bicyclic) bond motifs is 1. The average Bonchev–Trinajstić information content (AvgIpc) is 2.96. The number of aromatic nitrogens is 2. The molecular formula is C13H17N3. The lowest BCUT2D eigenvalue weighted by Gasteiger charge is -2.17. The molecule has 1 aromatic carbocycles. The molecule has 0 spiro atoms. The van der Waals surface area contributed by atoms with Gasteiger partial charge in [0.25, 0.3) is 0 Å². The Morgan fingerprint density at radius 1 is 1.31 bits per heavy atom. The van der Waals surface area contributed by atoms with Crippen molar-refractivity contribution in [2.24, 2.45) is 0 Å². The molecule has 1 aromatic heterocycles. The van der Waals surface area contributed by atoms with Crippen molar-refractivity contribution in [3.63, 3.8) is 0 Å². The first-order valence-electron chi connectivity index (χ1n) is 6.10. The van der Waals surface area contributed by atoms with Crippen molar-refractivity contribution in [3.05, 3.63) is 24.0 Å². The highest BCUT2D eigenvalue weighted by molar-refractivity contribution is 5.79. The molecule has 0 unspecified atom stereocenters. The SMILES string of the molecule is CCc1nc2ccc(N3CCCC3)cc2[nH]1. The fraction of sp³-hybridized carbons (Fsp3) is 0.462. The maximum absolute atomic E-state index is 4.52. The Balaban J connectivity index is 2.00. The zero-order valence-electron chi connectivity index (χ0n) is 9.66. The third-order valence-corrected chi connectivity index (χ3v) is 3.32. The summed E-state index contributed by atoms with van der Waals surface area (Å²) in [6.07, 6.45) is 3.61. The highest BCUT2D eigenvalue weighted by Crippen LogP contribution is 2.24. The summed E-state index contributed by atoms with van der Waals surface area (Å²) in [7, 11) is 0. The van der Waals surface area contributed by atoms with E-state index in [0.29, 0.717) is 0 Å². The van der Waals surface area contributed by atoms with Crippen LogP contribution in [0.5, 0.6) is 0 Å². The second kappa shape index (κ2) is 3.81. The van der Waals surface area contributed by atoms with Crippen LogP contribution in [0, 0.1) is 0 Å². The smallest absolute Gasteiger partial charge is 0.106 e. The molecule has 0 radical (unpaired) electrons. The van der Waals surface area contributed by atoms with Gasteiger partial charge in [-0.3, -0.25) is 0 Å². The van der Waals surface area contributed by atoms with Crippen molar-refractivity contribution < 1.29 is 0 Å². The van der Waals surface area contributed by atoms with Crippen molar-refractivity contribution in [2.45, 2.75) is 26.2 Å². The van der Waals surface area contributed by atoms with Crippen LogP contribution >= 0.6 is 0 Å². The number of rotatable bonds is 2. The maximum Gasteiger partial charge on any atom is 0.106 e. The minimum atomic E-state index is 0.966. The minimum Gasteiger partial charge on any atom is -0.371 e. The van der Waals surface area contributed by atoms with Crippen LogP contribution in [0.2, 0.25) is 0 Å². The van der Waals surface area contributed by atoms with Gasteiger partial charge in [-0.1, -0.05) is 6.92 Å². The number of aryl methyl sites for hydroxylation is 1. The Labute approximate surface area is 95.5 Å². The van der Waals surface area contributed by atoms with Gasteiger partial charge in [0.05, 0.1) is 11.0 Å². The number of anilines is 1. The van der Waals surface area contributed by atoms with Gasteiger partial charge < -0.3 is 9.88 Å². The second-order valence-corrected chi connectivity index (χ2v) is 4.43. The predicted molar refractivity (Wildman–Crippen MR) is 66.9 cm³/mol. The van der Waals surface area contributed by atoms with E-state index in [1.54, 1.807) is 0 Å². The molecule has 0 aliphatic carbocycles. The third-order valence-electron chi connectivity index (χ3n) is 3.32. The molecule has 1 saturated heterocycles. The monoisotopic (exact) mass is 215 g/mol. The van der Waals surface area contributed by atoms with E-state index in [4.69, 9.17) is 0 Å². The van der Waals surface area contributed by atoms with Crippen LogP contribution in [0.4, 0.5) is 5.69 Å². The van der Waals surface area contributed by atoms with Gasteiger partial charge in [0.15, 0.2) is 0 Å². The lowest BCUT2D eigenvalue weighted by molar-refractivity contribution is 0.949. The standard InChI is InChI=1S/C13H17N3/c1-2-13-14-11-6-5-10(9-12(11)15-13)16-7-3-4-8-16/h5-6,9H,2-4,7-8H2,1H3,(H,14,15). The fourth-order valence-corrected chi connectivity index (χ4v) is 2.39. The molecule has 0 bridgehead atoms. The zero-order valence-corrected chi connectivity index (χ0v) is 9.66. The summed E-state index contributed by atoms with van der Waals surface area (Å²) in [5, 5.41) is 0. The summed E-state index contributed by atoms with van der Waals surface area (Å²) in [4.78, 5) is 10.3. The molecule has 0 saturated carbocycles. The van der Waals surface area contributed by atoms with E-state index < -0.39 is 0 Å². The molecule has 84 valence electrons. The quantitative estimate of drug-likeness (QED) is 0.835. The largest absolute Gasteiger partial charge is 0.371 e. The Morgan fingerprint density at radius 3 is 2.88 bits per heavy atom. The summed E-state index contributed by atoms with van der Waals surface area (Å²) in [5.74, 6) is 1.08. The number of hydrogen-bond donors (Lipinski definition) is 1. The Morgan fingerprint density at radius 2 is 2.12 bits per heavy atom. The number of nitrogens with zero attached hydrogens (tertiary/aromatic N) is 2. The molecule has 1 N–H and O–H groups in total. The Hall–Kier alpha value is -1.51. The summed E-state index contributed by atoms with van der Waals surface area (Å²) in [5.41, 5.74) is 3.58. The van der Waals surface area contributed by atoms with Crippen LogP contribution in [0.1, 0.15) is 25.6 Å². The van der Waals surface area contributed by atoms with Gasteiger partial charge >= 0.3 is 0 Å². The molecule has 3 nitrogen and oxygen atoms in total. The van der Waals surface area contributed by atoms with Gasteiger partial charge in [-0.25, -0.2) is 4.98 Å². The maximum atomic E-state index is 4.52. The van der Waals surface area contributed by atoms with E-state index >= 15 is 0 Å². The predicted octanol–water partition coefficient (Wildman–Crippen LogP) is 2.73. The van der Waals surface area contributed by atoms with E-state index in [1.807, 2.05) is 0 Å². The topological polar surface area (TPSA) is 31.9 Å². The first kappa shape index (κ1) is 9.70. The third kappa shape index (κ3) is 1.56. The molecule has 3 rings (SSSR count). The van der Waals surface area contributed by atoms with Crippen molar-refractivity contribution in [2.75, 3.05) is 18.0 Å². The molecule has 1 aliphatic rings. The first-order valence-corrected chi connectivity index (χ1v) is 6.10. The van der Waals surface area contributed by atoms with Gasteiger partial charge in [-0.15, -0.1) is 0 Å². The zero-order chi connectivity index (χ0) is 11.0. The summed E-state index contributed by atoms with van der Waals surface area (Å²) < 4.78 is 0. The summed E-state index contributed by atoms with van der Waals surface area (Å²) in [6, 6.07) is 6.54. The Kier molecular flexibility index (Phi) is 2.31. The lowest BCUT2D eigenvalue weighted by Crippen LogP contribution is -2.17. The molecule has 2 heterocycles. The van der Waals surface area contributed by atoms with E-state index in [1.165, 1.54) is 37.1 Å². The van der Waals surface area contributed by atoms with Crippen molar-refractivity contribution in [3.8, 4) is 0 Å². The van der Waals surface area contributed by atoms with Gasteiger partial charge in [-0.2, -0.15) is 0 Å². The number of benzene rings is 1. The highest BCUT2D eigenvalue weighted by Gasteiger charge is 2.13. The molecule has 0 amide bonds. The first-order chi connectivity index (χ1) is 7.86. The van der Waals surface area contributed by atoms with Gasteiger partial charge in [0.1, 0.15) is 5.82 Å². The number of H-pyrrole nitrogens is 1.